The van der Waals surface area contributed by atoms with Gasteiger partial charge in [0.15, 0.2) is 11.4 Å². The normalized spacial score (nSPS) is 14.9. The van der Waals surface area contributed by atoms with E-state index in [4.69, 9.17) is 5.11 Å². The fourth-order valence-corrected chi connectivity index (χ4v) is 3.60. The summed E-state index contributed by atoms with van der Waals surface area (Å²) in [5.41, 5.74) is -5.27. The summed E-state index contributed by atoms with van der Waals surface area (Å²) in [4.78, 5) is 35.1. The third-order valence-electron chi connectivity index (χ3n) is 5.85. The average molecular weight is 471 g/mol. The molecule has 180 valence electrons. The molecule has 0 fully saturated rings. The Hall–Kier alpha value is -0.0103. The Morgan fingerprint density at radius 3 is 1.29 bits per heavy atom. The van der Waals surface area contributed by atoms with Crippen molar-refractivity contribution in [3.63, 3.8) is 0 Å². The number of rotatable bonds is 20. The second-order valence-electron chi connectivity index (χ2n) is 8.90. The van der Waals surface area contributed by atoms with E-state index in [2.05, 4.69) is 6.92 Å². The summed E-state index contributed by atoms with van der Waals surface area (Å²) in [6.45, 7) is 3.97. The van der Waals surface area contributed by atoms with Crippen LogP contribution in [0.15, 0.2) is 0 Å². The molecule has 0 heterocycles. The van der Waals surface area contributed by atoms with E-state index in [9.17, 15) is 24.6 Å². The number of unbranched alkanes of at least 4 members (excludes halogenated alkanes) is 14. The number of carboxylic acid groups (broad SMARTS) is 1. The summed E-state index contributed by atoms with van der Waals surface area (Å²) < 4.78 is 0. The van der Waals surface area contributed by atoms with E-state index < -0.39 is 28.7 Å². The maximum atomic E-state index is 12.1. The zero-order valence-corrected chi connectivity index (χ0v) is 22.3. The maximum Gasteiger partial charge on any atom is 2.00 e. The summed E-state index contributed by atoms with van der Waals surface area (Å²) in [7, 11) is 0. The van der Waals surface area contributed by atoms with E-state index in [1.54, 1.807) is 0 Å². The van der Waals surface area contributed by atoms with Gasteiger partial charge in [-0.15, -0.1) is 0 Å². The van der Waals surface area contributed by atoms with E-state index in [1.165, 1.54) is 70.6 Å². The molecular weight excluding hydrogens is 424 g/mol. The molecule has 3 N–H and O–H groups in total. The number of hydrogen-bond acceptors (Lipinski definition) is 5. The molecule has 0 aliphatic rings. The van der Waals surface area contributed by atoms with Crippen molar-refractivity contribution >= 4 is 55.3 Å². The smallest absolute Gasteiger partial charge is 1.00 e. The van der Waals surface area contributed by atoms with E-state index >= 15 is 0 Å². The molecule has 0 aromatic rings. The van der Waals surface area contributed by atoms with E-state index in [-0.39, 0.29) is 47.0 Å². The fraction of sp³-hybridized carbons (Fsp3) is 0.875. The monoisotopic (exact) mass is 470 g/mol. The molecule has 0 aromatic heterocycles. The number of ketones is 2. The predicted octanol–water partition coefficient (Wildman–Crippen LogP) is 4.82. The van der Waals surface area contributed by atoms with E-state index in [0.29, 0.717) is 6.42 Å². The molecule has 7 heteroatoms. The van der Waals surface area contributed by atoms with Gasteiger partial charge in [0.25, 0.3) is 0 Å². The fourth-order valence-electron chi connectivity index (χ4n) is 3.60. The molecule has 0 aliphatic heterocycles. The van der Waals surface area contributed by atoms with Gasteiger partial charge >= 0.3 is 43.7 Å². The van der Waals surface area contributed by atoms with Crippen molar-refractivity contribution in [3.05, 3.63) is 0 Å². The molecule has 2 unspecified atom stereocenters. The van der Waals surface area contributed by atoms with Gasteiger partial charge in [0.2, 0.25) is 11.4 Å². The van der Waals surface area contributed by atoms with Crippen LogP contribution in [0.5, 0.6) is 0 Å². The summed E-state index contributed by atoms with van der Waals surface area (Å²) >= 11 is 0. The van der Waals surface area contributed by atoms with Crippen LogP contribution < -0.4 is 0 Å². The molecule has 0 saturated carbocycles. The number of hydrogen-bond donors (Lipinski definition) is 3. The van der Waals surface area contributed by atoms with Gasteiger partial charge in [-0.2, -0.15) is 0 Å². The zero-order chi connectivity index (χ0) is 23.0. The molecular formula is C24H46CaO6. The summed E-state index contributed by atoms with van der Waals surface area (Å²) in [5, 5.41) is 28.7. The van der Waals surface area contributed by atoms with Crippen molar-refractivity contribution in [3.8, 4) is 0 Å². The van der Waals surface area contributed by atoms with Crippen LogP contribution in [0.1, 0.15) is 126 Å². The second kappa shape index (κ2) is 18.4. The minimum absolute atomic E-state index is 0. The van der Waals surface area contributed by atoms with Crippen LogP contribution in [0, 0.1) is 0 Å². The van der Waals surface area contributed by atoms with Gasteiger partial charge in [-0.05, 0) is 20.3 Å². The largest absolute Gasteiger partial charge is 2.00 e. The first kappa shape index (κ1) is 33.2. The standard InChI is InChI=1S/C24H44O6.Ca.2H/c1-4-5-6-7-8-9-10-11-12-13-14-15-16-17-18-19-20(25)23(2,29)21(26)24(3,30)22(27)28;;;/h29-30H,4-19H2,1-3H3,(H,27,28);;;/q;+2;2*-1. The molecule has 0 radical (unpaired) electrons. The second-order valence-corrected chi connectivity index (χ2v) is 8.90. The molecule has 0 aliphatic carbocycles. The average Bonchev–Trinajstić information content (AvgIpc) is 2.69. The topological polar surface area (TPSA) is 112 Å². The molecule has 0 bridgehead atoms. The number of carbonyl (C=O) groups excluding carboxylic acids is 2. The van der Waals surface area contributed by atoms with Crippen LogP contribution in [0.3, 0.4) is 0 Å². The van der Waals surface area contributed by atoms with Gasteiger partial charge in [-0.25, -0.2) is 4.79 Å². The first-order valence-corrected chi connectivity index (χ1v) is 11.8. The Bertz CT molecular complexity index is 527. The molecule has 31 heavy (non-hydrogen) atoms. The predicted molar refractivity (Wildman–Crippen MR) is 126 cm³/mol. The number of carbonyl (C=O) groups is 3. The van der Waals surface area contributed by atoms with Gasteiger partial charge in [0.05, 0.1) is 0 Å². The van der Waals surface area contributed by atoms with Crippen LogP contribution >= 0.6 is 0 Å². The minimum Gasteiger partial charge on any atom is -1.00 e. The zero-order valence-electron chi connectivity index (χ0n) is 22.1. The van der Waals surface area contributed by atoms with Gasteiger partial charge in [-0.3, -0.25) is 9.59 Å². The van der Waals surface area contributed by atoms with Crippen molar-refractivity contribution < 1.29 is 32.6 Å². The van der Waals surface area contributed by atoms with Crippen LogP contribution in [0.2, 0.25) is 0 Å². The van der Waals surface area contributed by atoms with E-state index in [0.717, 1.165) is 33.1 Å². The quantitative estimate of drug-likeness (QED) is 0.134. The summed E-state index contributed by atoms with van der Waals surface area (Å²) in [5.74, 6) is -3.93. The Morgan fingerprint density at radius 1 is 0.645 bits per heavy atom. The number of aliphatic carboxylic acids is 1. The molecule has 0 saturated heterocycles. The van der Waals surface area contributed by atoms with Crippen LogP contribution in [-0.4, -0.2) is 81.8 Å². The third-order valence-corrected chi connectivity index (χ3v) is 5.85. The number of aliphatic hydroxyl groups is 2. The minimum atomic E-state index is -2.78. The number of Topliss-reactive ketones (excluding diaryl/α,β-unsaturated/α-hetero) is 2. The van der Waals surface area contributed by atoms with Gasteiger partial charge in [0.1, 0.15) is 0 Å². The summed E-state index contributed by atoms with van der Waals surface area (Å²) in [6, 6.07) is 0. The SMILES string of the molecule is CCCCCCCCCCCCCCCCCC(=O)C(C)(O)C(=O)C(C)(O)C(=O)O.[Ca+2].[H-].[H-]. The molecule has 0 spiro atoms. The Morgan fingerprint density at radius 2 is 0.968 bits per heavy atom. The Kier molecular flexibility index (Phi) is 19.7. The first-order chi connectivity index (χ1) is 14.1. The van der Waals surface area contributed by atoms with Crippen molar-refractivity contribution in [2.45, 2.75) is 135 Å². The van der Waals surface area contributed by atoms with Crippen LogP contribution in [0.25, 0.3) is 0 Å². The van der Waals surface area contributed by atoms with Gasteiger partial charge < -0.3 is 18.2 Å². The molecule has 0 amide bonds. The third kappa shape index (κ3) is 14.0. The summed E-state index contributed by atoms with van der Waals surface area (Å²) in [6.07, 6.45) is 17.9. The molecule has 6 nitrogen and oxygen atoms in total. The van der Waals surface area contributed by atoms with Crippen molar-refractivity contribution in [1.29, 1.82) is 0 Å². The van der Waals surface area contributed by atoms with Gasteiger partial charge in [0, 0.05) is 6.42 Å². The van der Waals surface area contributed by atoms with Gasteiger partial charge in [-0.1, -0.05) is 96.8 Å². The van der Waals surface area contributed by atoms with Crippen molar-refractivity contribution in [2.75, 3.05) is 0 Å². The van der Waals surface area contributed by atoms with E-state index in [1.807, 2.05) is 0 Å². The maximum absolute atomic E-state index is 12.1. The van der Waals surface area contributed by atoms with Crippen molar-refractivity contribution in [1.82, 2.24) is 0 Å². The van der Waals surface area contributed by atoms with Crippen molar-refractivity contribution in [2.24, 2.45) is 0 Å². The number of carboxylic acids is 1. The molecule has 0 aromatic carbocycles. The Labute approximate surface area is 221 Å². The Balaban J connectivity index is -0.00000140. The molecule has 2 atom stereocenters. The molecule has 0 rings (SSSR count). The van der Waals surface area contributed by atoms with Crippen LogP contribution in [0.4, 0.5) is 0 Å². The first-order valence-electron chi connectivity index (χ1n) is 11.8. The van der Waals surface area contributed by atoms with Crippen LogP contribution in [-0.2, 0) is 14.4 Å².